The lowest BCUT2D eigenvalue weighted by Crippen LogP contribution is -2.48. The van der Waals surface area contributed by atoms with Crippen LogP contribution in [0, 0.1) is 5.41 Å². The first-order chi connectivity index (χ1) is 7.61. The van der Waals surface area contributed by atoms with Crippen LogP contribution in [0.4, 0.5) is 0 Å². The fraction of sp³-hybridized carbons (Fsp3) is 1.00. The Labute approximate surface area is 106 Å². The van der Waals surface area contributed by atoms with E-state index in [-0.39, 0.29) is 0 Å². The third-order valence-corrected chi connectivity index (χ3v) is 4.74. The minimum absolute atomic E-state index is 0.444. The third kappa shape index (κ3) is 4.27. The number of nitrogens with zero attached hydrogens (tertiary/aromatic N) is 1. The number of nitrogens with one attached hydrogen (secondary N) is 1. The second-order valence-electron chi connectivity index (χ2n) is 5.49. The Hall–Kier alpha value is 0.270. The van der Waals surface area contributed by atoms with E-state index in [4.69, 9.17) is 0 Å². The van der Waals surface area contributed by atoms with Crippen LogP contribution in [-0.4, -0.2) is 49.1 Å². The van der Waals surface area contributed by atoms with Gasteiger partial charge >= 0.3 is 0 Å². The second kappa shape index (κ2) is 6.87. The zero-order chi connectivity index (χ0) is 12.0. The highest BCUT2D eigenvalue weighted by molar-refractivity contribution is 7.99. The van der Waals surface area contributed by atoms with Crippen molar-refractivity contribution < 1.29 is 0 Å². The van der Waals surface area contributed by atoms with E-state index in [1.807, 2.05) is 0 Å². The van der Waals surface area contributed by atoms with Gasteiger partial charge in [0.15, 0.2) is 0 Å². The summed E-state index contributed by atoms with van der Waals surface area (Å²) in [7, 11) is 2.07. The molecule has 1 heterocycles. The van der Waals surface area contributed by atoms with Gasteiger partial charge in [0, 0.05) is 37.2 Å². The molecule has 2 nitrogen and oxygen atoms in total. The lowest BCUT2D eigenvalue weighted by molar-refractivity contribution is 0.129. The number of hydrogen-bond acceptors (Lipinski definition) is 3. The molecule has 0 radical (unpaired) electrons. The van der Waals surface area contributed by atoms with E-state index in [1.165, 1.54) is 37.4 Å². The van der Waals surface area contributed by atoms with Crippen LogP contribution >= 0.6 is 11.8 Å². The summed E-state index contributed by atoms with van der Waals surface area (Å²) in [6.07, 6.45) is 2.61. The molecule has 1 saturated heterocycles. The zero-order valence-corrected chi connectivity index (χ0v) is 12.2. The van der Waals surface area contributed by atoms with Crippen LogP contribution in [0.5, 0.6) is 0 Å². The van der Waals surface area contributed by atoms with Crippen molar-refractivity contribution >= 4 is 11.8 Å². The molecule has 2 atom stereocenters. The first-order valence-electron chi connectivity index (χ1n) is 6.57. The second-order valence-corrected chi connectivity index (χ2v) is 6.64. The smallest absolute Gasteiger partial charge is 0.0158 e. The molecule has 0 bridgehead atoms. The van der Waals surface area contributed by atoms with Crippen molar-refractivity contribution in [1.82, 2.24) is 10.2 Å². The summed E-state index contributed by atoms with van der Waals surface area (Å²) in [5.41, 5.74) is 0.444. The van der Waals surface area contributed by atoms with Crippen LogP contribution < -0.4 is 5.32 Å². The monoisotopic (exact) mass is 244 g/mol. The quantitative estimate of drug-likeness (QED) is 0.772. The predicted octanol–water partition coefficient (Wildman–Crippen LogP) is 2.45. The molecule has 2 unspecified atom stereocenters. The molecule has 0 aliphatic carbocycles. The molecule has 1 aliphatic heterocycles. The molecule has 0 amide bonds. The average molecular weight is 244 g/mol. The van der Waals surface area contributed by atoms with Crippen molar-refractivity contribution in [2.75, 3.05) is 38.2 Å². The van der Waals surface area contributed by atoms with Gasteiger partial charge in [0.2, 0.25) is 0 Å². The fourth-order valence-electron chi connectivity index (χ4n) is 2.74. The van der Waals surface area contributed by atoms with E-state index < -0.39 is 0 Å². The van der Waals surface area contributed by atoms with Crippen LogP contribution in [0.1, 0.15) is 33.6 Å². The van der Waals surface area contributed by atoms with Crippen LogP contribution in [0.2, 0.25) is 0 Å². The molecule has 0 saturated carbocycles. The average Bonchev–Trinajstić information content (AvgIpc) is 2.22. The van der Waals surface area contributed by atoms with E-state index >= 15 is 0 Å². The lowest BCUT2D eigenvalue weighted by Gasteiger charge is -2.40. The summed E-state index contributed by atoms with van der Waals surface area (Å²) >= 11 is 2.10. The van der Waals surface area contributed by atoms with Gasteiger partial charge < -0.3 is 5.32 Å². The Morgan fingerprint density at radius 1 is 1.50 bits per heavy atom. The van der Waals surface area contributed by atoms with Crippen LogP contribution in [-0.2, 0) is 0 Å². The summed E-state index contributed by atoms with van der Waals surface area (Å²) in [5.74, 6) is 2.62. The molecule has 16 heavy (non-hydrogen) atoms. The molecular formula is C13H28N2S. The molecule has 1 aliphatic rings. The normalized spacial score (nSPS) is 26.6. The largest absolute Gasteiger partial charge is 0.319 e. The van der Waals surface area contributed by atoms with E-state index in [2.05, 4.69) is 49.8 Å². The first-order valence-corrected chi connectivity index (χ1v) is 7.73. The summed E-state index contributed by atoms with van der Waals surface area (Å²) in [6, 6.07) is 0.756. The fourth-order valence-corrected chi connectivity index (χ4v) is 3.82. The zero-order valence-electron chi connectivity index (χ0n) is 11.4. The minimum Gasteiger partial charge on any atom is -0.319 e. The Balaban J connectivity index is 2.51. The standard InChI is InChI=1S/C13H28N2S/c1-5-6-13(3,10-14-4)11-15-7-8-16-9-12(15)2/h12,14H,5-11H2,1-4H3. The Morgan fingerprint density at radius 3 is 2.81 bits per heavy atom. The van der Waals surface area contributed by atoms with Gasteiger partial charge in [-0.15, -0.1) is 0 Å². The highest BCUT2D eigenvalue weighted by Gasteiger charge is 2.29. The molecule has 1 fully saturated rings. The van der Waals surface area contributed by atoms with Gasteiger partial charge in [-0.2, -0.15) is 11.8 Å². The van der Waals surface area contributed by atoms with Gasteiger partial charge in [-0.3, -0.25) is 4.90 Å². The van der Waals surface area contributed by atoms with Gasteiger partial charge in [0.05, 0.1) is 0 Å². The van der Waals surface area contributed by atoms with Crippen molar-refractivity contribution in [2.24, 2.45) is 5.41 Å². The van der Waals surface area contributed by atoms with Gasteiger partial charge in [-0.1, -0.05) is 20.3 Å². The Kier molecular flexibility index (Phi) is 6.16. The highest BCUT2D eigenvalue weighted by Crippen LogP contribution is 2.27. The molecule has 1 N–H and O–H groups in total. The predicted molar refractivity (Wildman–Crippen MR) is 75.3 cm³/mol. The van der Waals surface area contributed by atoms with E-state index in [0.717, 1.165) is 12.6 Å². The van der Waals surface area contributed by atoms with Crippen LogP contribution in [0.3, 0.4) is 0 Å². The Morgan fingerprint density at radius 2 is 2.25 bits per heavy atom. The molecule has 3 heteroatoms. The van der Waals surface area contributed by atoms with Crippen molar-refractivity contribution in [3.05, 3.63) is 0 Å². The van der Waals surface area contributed by atoms with Gasteiger partial charge in [0.1, 0.15) is 0 Å². The number of hydrogen-bond donors (Lipinski definition) is 1. The first kappa shape index (κ1) is 14.3. The lowest BCUT2D eigenvalue weighted by atomic mass is 9.84. The summed E-state index contributed by atoms with van der Waals surface area (Å²) in [6.45, 7) is 10.8. The molecule has 0 spiro atoms. The summed E-state index contributed by atoms with van der Waals surface area (Å²) in [5, 5.41) is 3.37. The topological polar surface area (TPSA) is 15.3 Å². The minimum atomic E-state index is 0.444. The number of thioether (sulfide) groups is 1. The van der Waals surface area contributed by atoms with Crippen LogP contribution in [0.15, 0.2) is 0 Å². The van der Waals surface area contributed by atoms with E-state index in [1.54, 1.807) is 0 Å². The van der Waals surface area contributed by atoms with Gasteiger partial charge in [-0.05, 0) is 25.8 Å². The van der Waals surface area contributed by atoms with Crippen LogP contribution in [0.25, 0.3) is 0 Å². The van der Waals surface area contributed by atoms with Gasteiger partial charge in [-0.25, -0.2) is 0 Å². The molecule has 0 aromatic rings. The molecule has 96 valence electrons. The molecule has 0 aromatic heterocycles. The maximum atomic E-state index is 3.37. The van der Waals surface area contributed by atoms with Crippen molar-refractivity contribution in [3.63, 3.8) is 0 Å². The maximum absolute atomic E-state index is 3.37. The molecule has 1 rings (SSSR count). The Bertz CT molecular complexity index is 190. The van der Waals surface area contributed by atoms with E-state index in [0.29, 0.717) is 5.41 Å². The molecular weight excluding hydrogens is 216 g/mol. The van der Waals surface area contributed by atoms with E-state index in [9.17, 15) is 0 Å². The van der Waals surface area contributed by atoms with Crippen molar-refractivity contribution in [1.29, 1.82) is 0 Å². The third-order valence-electron chi connectivity index (χ3n) is 3.55. The summed E-state index contributed by atoms with van der Waals surface area (Å²) < 4.78 is 0. The van der Waals surface area contributed by atoms with Crippen molar-refractivity contribution in [2.45, 2.75) is 39.7 Å². The SMILES string of the molecule is CCCC(C)(CNC)CN1CCSCC1C. The van der Waals surface area contributed by atoms with Crippen molar-refractivity contribution in [3.8, 4) is 0 Å². The molecule has 0 aromatic carbocycles. The summed E-state index contributed by atoms with van der Waals surface area (Å²) in [4.78, 5) is 2.68. The highest BCUT2D eigenvalue weighted by atomic mass is 32.2. The van der Waals surface area contributed by atoms with Gasteiger partial charge in [0.25, 0.3) is 0 Å². The maximum Gasteiger partial charge on any atom is 0.0158 e. The number of rotatable bonds is 6.